The van der Waals surface area contributed by atoms with Gasteiger partial charge in [0.05, 0.1) is 12.2 Å². The second-order valence-electron chi connectivity index (χ2n) is 13.5. The lowest BCUT2D eigenvalue weighted by Gasteiger charge is -2.41. The molecule has 2 bridgehead atoms. The van der Waals surface area contributed by atoms with Crippen molar-refractivity contribution in [3.63, 3.8) is 0 Å². The van der Waals surface area contributed by atoms with Crippen LogP contribution < -0.4 is 4.90 Å². The first-order chi connectivity index (χ1) is 20.7. The van der Waals surface area contributed by atoms with Gasteiger partial charge in [-0.2, -0.15) is 0 Å². The van der Waals surface area contributed by atoms with Crippen LogP contribution in [0.25, 0.3) is 0 Å². The van der Waals surface area contributed by atoms with E-state index >= 15 is 0 Å². The predicted molar refractivity (Wildman–Crippen MR) is 169 cm³/mol. The van der Waals surface area contributed by atoms with Gasteiger partial charge in [-0.1, -0.05) is 31.5 Å². The summed E-state index contributed by atoms with van der Waals surface area (Å²) in [6.07, 6.45) is 8.19. The quantitative estimate of drug-likeness (QED) is 0.383. The third-order valence-corrected chi connectivity index (χ3v) is 10.8. The summed E-state index contributed by atoms with van der Waals surface area (Å²) in [7, 11) is 0. The molecule has 3 fully saturated rings. The summed E-state index contributed by atoms with van der Waals surface area (Å²) in [5, 5.41) is 0.707. The minimum atomic E-state index is 0.0145. The second kappa shape index (κ2) is 12.9. The molecule has 0 saturated carbocycles. The number of piperidine rings is 1. The number of carbonyl (C=O) groups excluding carboxylic acids is 2. The van der Waals surface area contributed by atoms with Gasteiger partial charge in [-0.25, -0.2) is 4.98 Å². The van der Waals surface area contributed by atoms with Crippen LogP contribution in [0.1, 0.15) is 87.6 Å². The van der Waals surface area contributed by atoms with E-state index in [0.717, 1.165) is 74.4 Å². The molecule has 4 aliphatic rings. The van der Waals surface area contributed by atoms with Gasteiger partial charge in [0, 0.05) is 85.6 Å². The van der Waals surface area contributed by atoms with E-state index in [9.17, 15) is 9.59 Å². The van der Waals surface area contributed by atoms with Gasteiger partial charge in [0.2, 0.25) is 11.8 Å². The first kappa shape index (κ1) is 30.6. The maximum absolute atomic E-state index is 13.7. The lowest BCUT2D eigenvalue weighted by molar-refractivity contribution is -0.135. The van der Waals surface area contributed by atoms with Crippen molar-refractivity contribution in [2.75, 3.05) is 37.7 Å². The van der Waals surface area contributed by atoms with Gasteiger partial charge in [0.15, 0.2) is 0 Å². The first-order valence-electron chi connectivity index (χ1n) is 16.5. The summed E-state index contributed by atoms with van der Waals surface area (Å²) in [5.74, 6) is 1.56. The van der Waals surface area contributed by atoms with E-state index in [0.29, 0.717) is 49.5 Å². The van der Waals surface area contributed by atoms with Crippen LogP contribution in [0.15, 0.2) is 18.2 Å². The summed E-state index contributed by atoms with van der Waals surface area (Å²) in [6.45, 7) is 12.5. The Kier molecular flexibility index (Phi) is 9.18. The van der Waals surface area contributed by atoms with Crippen molar-refractivity contribution >= 4 is 29.1 Å². The Morgan fingerprint density at radius 2 is 1.79 bits per heavy atom. The number of amides is 2. The summed E-state index contributed by atoms with van der Waals surface area (Å²) in [4.78, 5) is 38.0. The Morgan fingerprint density at radius 1 is 1.07 bits per heavy atom. The van der Waals surface area contributed by atoms with E-state index in [1.165, 1.54) is 18.5 Å². The Balaban J connectivity index is 1.11. The molecule has 9 heteroatoms. The third-order valence-electron chi connectivity index (χ3n) is 10.4. The topological polar surface area (TPSA) is 70.9 Å². The zero-order valence-electron chi connectivity index (χ0n) is 26.4. The fourth-order valence-corrected chi connectivity index (χ4v) is 8.27. The number of halogens is 1. The number of rotatable bonds is 8. The SMILES string of the molecule is Cc1ccc(N(CCCN2[C@@H]3CC[C@H]2CC(n2c(C)nc4c2CCN(C(=O)C(C)C)C4)C3)C(=O)C2CCOCC2)cc1Cl. The van der Waals surface area contributed by atoms with Crippen molar-refractivity contribution in [3.05, 3.63) is 46.0 Å². The number of hydrogen-bond donors (Lipinski definition) is 0. The van der Waals surface area contributed by atoms with Gasteiger partial charge in [0.1, 0.15) is 5.82 Å². The second-order valence-corrected chi connectivity index (χ2v) is 13.9. The summed E-state index contributed by atoms with van der Waals surface area (Å²) in [6, 6.07) is 7.62. The Morgan fingerprint density at radius 3 is 2.47 bits per heavy atom. The van der Waals surface area contributed by atoms with Crippen LogP contribution in [0.3, 0.4) is 0 Å². The average molecular weight is 610 g/mol. The maximum atomic E-state index is 13.7. The molecule has 234 valence electrons. The molecule has 1 aromatic carbocycles. The minimum absolute atomic E-state index is 0.0145. The fourth-order valence-electron chi connectivity index (χ4n) is 8.09. The normalized spacial score (nSPS) is 24.4. The Labute approximate surface area is 261 Å². The molecule has 1 aromatic heterocycles. The average Bonchev–Trinajstić information content (AvgIpc) is 3.45. The molecule has 0 spiro atoms. The molecule has 6 rings (SSSR count). The number of ether oxygens (including phenoxy) is 1. The van der Waals surface area contributed by atoms with Crippen LogP contribution in [-0.4, -0.2) is 76.1 Å². The van der Waals surface area contributed by atoms with Gasteiger partial charge in [-0.3, -0.25) is 14.5 Å². The van der Waals surface area contributed by atoms with Crippen molar-refractivity contribution in [2.45, 2.75) is 104 Å². The van der Waals surface area contributed by atoms with Crippen molar-refractivity contribution in [3.8, 4) is 0 Å². The molecular formula is C34H48ClN5O3. The smallest absolute Gasteiger partial charge is 0.230 e. The first-order valence-corrected chi connectivity index (χ1v) is 16.9. The molecule has 0 N–H and O–H groups in total. The highest BCUT2D eigenvalue weighted by Crippen LogP contribution is 2.42. The number of hydrogen-bond acceptors (Lipinski definition) is 5. The predicted octanol–water partition coefficient (Wildman–Crippen LogP) is 5.71. The van der Waals surface area contributed by atoms with Crippen LogP contribution >= 0.6 is 11.6 Å². The number of aromatic nitrogens is 2. The lowest BCUT2D eigenvalue weighted by Crippen LogP contribution is -2.46. The molecule has 2 aromatic rings. The van der Waals surface area contributed by atoms with Crippen molar-refractivity contribution in [2.24, 2.45) is 11.8 Å². The molecule has 0 radical (unpaired) electrons. The minimum Gasteiger partial charge on any atom is -0.381 e. The van der Waals surface area contributed by atoms with Crippen molar-refractivity contribution in [1.29, 1.82) is 0 Å². The summed E-state index contributed by atoms with van der Waals surface area (Å²) >= 11 is 6.51. The van der Waals surface area contributed by atoms with E-state index < -0.39 is 0 Å². The standard InChI is InChI=1S/C34H48ClN5O3/c1-22(2)33(41)37-15-10-32-31(21-37)36-24(4)40(32)29-18-26-8-9-27(19-29)38(26)13-5-14-39(28-7-6-23(3)30(35)20-28)34(42)25-11-16-43-17-12-25/h6-7,20,22,25-27,29H,5,8-19,21H2,1-4H3/t26-,27+,29?. The van der Waals surface area contributed by atoms with Crippen LogP contribution in [0, 0.1) is 25.7 Å². The van der Waals surface area contributed by atoms with E-state index in [2.05, 4.69) is 16.4 Å². The third kappa shape index (κ3) is 6.25. The molecule has 2 amide bonds. The molecule has 3 atom stereocenters. The molecular weight excluding hydrogens is 562 g/mol. The van der Waals surface area contributed by atoms with Gasteiger partial charge in [0.25, 0.3) is 0 Å². The Hall–Kier alpha value is -2.42. The summed E-state index contributed by atoms with van der Waals surface area (Å²) < 4.78 is 8.07. The van der Waals surface area contributed by atoms with Crippen LogP contribution in [0.4, 0.5) is 5.69 Å². The van der Waals surface area contributed by atoms with Gasteiger partial charge >= 0.3 is 0 Å². The number of fused-ring (bicyclic) bond motifs is 3. The van der Waals surface area contributed by atoms with Gasteiger partial charge in [-0.05, 0) is 76.5 Å². The highest BCUT2D eigenvalue weighted by molar-refractivity contribution is 6.31. The zero-order chi connectivity index (χ0) is 30.2. The molecule has 43 heavy (non-hydrogen) atoms. The van der Waals surface area contributed by atoms with Crippen LogP contribution in [0.5, 0.6) is 0 Å². The number of imidazole rings is 1. The number of anilines is 1. The molecule has 4 aliphatic heterocycles. The monoisotopic (exact) mass is 609 g/mol. The van der Waals surface area contributed by atoms with E-state index in [4.69, 9.17) is 21.3 Å². The fraction of sp³-hybridized carbons (Fsp3) is 0.676. The molecule has 5 heterocycles. The largest absolute Gasteiger partial charge is 0.381 e. The van der Waals surface area contributed by atoms with Crippen molar-refractivity contribution in [1.82, 2.24) is 19.4 Å². The number of nitrogens with zero attached hydrogens (tertiary/aromatic N) is 5. The van der Waals surface area contributed by atoms with E-state index in [1.807, 2.05) is 48.8 Å². The van der Waals surface area contributed by atoms with Gasteiger partial charge in [-0.15, -0.1) is 0 Å². The number of carbonyl (C=O) groups is 2. The highest BCUT2D eigenvalue weighted by atomic mass is 35.5. The maximum Gasteiger partial charge on any atom is 0.230 e. The van der Waals surface area contributed by atoms with Crippen LogP contribution in [0.2, 0.25) is 5.02 Å². The molecule has 3 saturated heterocycles. The number of benzene rings is 1. The lowest BCUT2D eigenvalue weighted by atomic mass is 9.95. The molecule has 1 unspecified atom stereocenters. The molecule has 8 nitrogen and oxygen atoms in total. The Bertz CT molecular complexity index is 1320. The van der Waals surface area contributed by atoms with E-state index in [-0.39, 0.29) is 23.7 Å². The number of aryl methyl sites for hydroxylation is 2. The highest BCUT2D eigenvalue weighted by Gasteiger charge is 2.42. The molecule has 0 aliphatic carbocycles. The van der Waals surface area contributed by atoms with E-state index in [1.54, 1.807) is 0 Å². The zero-order valence-corrected chi connectivity index (χ0v) is 27.1. The summed E-state index contributed by atoms with van der Waals surface area (Å²) in [5.41, 5.74) is 4.38. The van der Waals surface area contributed by atoms with Gasteiger partial charge < -0.3 is 19.1 Å². The van der Waals surface area contributed by atoms with Crippen LogP contribution in [-0.2, 0) is 27.3 Å². The van der Waals surface area contributed by atoms with Crippen molar-refractivity contribution < 1.29 is 14.3 Å².